The highest BCUT2D eigenvalue weighted by Gasteiger charge is 2.36. The van der Waals surface area contributed by atoms with Gasteiger partial charge >= 0.3 is 6.18 Å². The Kier molecular flexibility index (Phi) is 5.07. The van der Waals surface area contributed by atoms with E-state index in [-0.39, 0.29) is 11.8 Å². The van der Waals surface area contributed by atoms with Crippen molar-refractivity contribution in [1.82, 2.24) is 14.9 Å². The van der Waals surface area contributed by atoms with E-state index in [0.717, 1.165) is 34.3 Å². The third-order valence-electron chi connectivity index (χ3n) is 6.03. The number of rotatable bonds is 4. The molecule has 4 rings (SSSR count). The van der Waals surface area contributed by atoms with Crippen LogP contribution in [-0.4, -0.2) is 40.9 Å². The van der Waals surface area contributed by atoms with Crippen LogP contribution in [0.2, 0.25) is 0 Å². The summed E-state index contributed by atoms with van der Waals surface area (Å²) in [5, 5.41) is 3.12. The van der Waals surface area contributed by atoms with Crippen molar-refractivity contribution in [1.29, 1.82) is 0 Å². The average molecular weight is 419 g/mol. The Hall–Kier alpha value is -2.84. The Morgan fingerprint density at radius 1 is 1.23 bits per heavy atom. The molecule has 1 N–H and O–H groups in total. The second-order valence-corrected chi connectivity index (χ2v) is 8.00. The van der Waals surface area contributed by atoms with Gasteiger partial charge in [0.1, 0.15) is 11.5 Å². The van der Waals surface area contributed by atoms with Gasteiger partial charge in [0.05, 0.1) is 0 Å². The minimum absolute atomic E-state index is 0.0701. The number of amides is 1. The lowest BCUT2D eigenvalue weighted by Crippen LogP contribution is -2.48. The molecule has 30 heavy (non-hydrogen) atoms. The normalized spacial score (nSPS) is 16.5. The smallest absolute Gasteiger partial charge is 0.373 e. The van der Waals surface area contributed by atoms with Crippen LogP contribution in [0.3, 0.4) is 0 Å². The number of hydrogen-bond acceptors (Lipinski definition) is 5. The largest absolute Gasteiger partial charge is 0.433 e. The third kappa shape index (κ3) is 3.68. The van der Waals surface area contributed by atoms with Gasteiger partial charge in [0.25, 0.3) is 0 Å². The van der Waals surface area contributed by atoms with E-state index in [1.807, 2.05) is 30.7 Å². The molecule has 4 heterocycles. The minimum atomic E-state index is -4.46. The van der Waals surface area contributed by atoms with Crippen LogP contribution in [0.1, 0.15) is 34.5 Å². The van der Waals surface area contributed by atoms with Crippen molar-refractivity contribution in [3.63, 3.8) is 0 Å². The maximum Gasteiger partial charge on any atom is 0.433 e. The topological polar surface area (TPSA) is 61.4 Å². The fourth-order valence-corrected chi connectivity index (χ4v) is 4.17. The first-order valence-corrected chi connectivity index (χ1v) is 9.90. The zero-order valence-corrected chi connectivity index (χ0v) is 17.2. The number of pyridine rings is 2. The molecule has 0 radical (unpaired) electrons. The maximum atomic E-state index is 12.9. The van der Waals surface area contributed by atoms with E-state index in [2.05, 4.69) is 15.3 Å². The number of alkyl halides is 3. The predicted molar refractivity (Wildman–Crippen MR) is 107 cm³/mol. The summed E-state index contributed by atoms with van der Waals surface area (Å²) >= 11 is 0. The first-order valence-electron chi connectivity index (χ1n) is 9.90. The SMILES string of the molecule is CNc1nc(C)c(C)c2c1CN(C(=O)CC1CN(c3ccnc(C(F)(F)F)c3)C1)C2. The van der Waals surface area contributed by atoms with Gasteiger partial charge in [0, 0.05) is 68.7 Å². The number of carbonyl (C=O) groups excluding carboxylic acids is 1. The third-order valence-corrected chi connectivity index (χ3v) is 6.03. The monoisotopic (exact) mass is 419 g/mol. The fraction of sp³-hybridized carbons (Fsp3) is 0.476. The first kappa shape index (κ1) is 20.4. The summed E-state index contributed by atoms with van der Waals surface area (Å²) in [5.41, 5.74) is 3.90. The molecule has 0 spiro atoms. The lowest BCUT2D eigenvalue weighted by molar-refractivity contribution is -0.141. The van der Waals surface area contributed by atoms with Gasteiger partial charge in [-0.25, -0.2) is 4.98 Å². The van der Waals surface area contributed by atoms with Gasteiger partial charge in [-0.2, -0.15) is 13.2 Å². The van der Waals surface area contributed by atoms with E-state index in [0.29, 0.717) is 38.3 Å². The highest BCUT2D eigenvalue weighted by molar-refractivity contribution is 5.78. The van der Waals surface area contributed by atoms with E-state index < -0.39 is 11.9 Å². The number of halogens is 3. The second kappa shape index (κ2) is 7.45. The number of anilines is 2. The van der Waals surface area contributed by atoms with Crippen LogP contribution in [0.4, 0.5) is 24.7 Å². The van der Waals surface area contributed by atoms with Crippen molar-refractivity contribution < 1.29 is 18.0 Å². The van der Waals surface area contributed by atoms with Crippen LogP contribution in [0, 0.1) is 19.8 Å². The lowest BCUT2D eigenvalue weighted by atomic mass is 9.95. The average Bonchev–Trinajstić information content (AvgIpc) is 3.12. The van der Waals surface area contributed by atoms with Crippen LogP contribution in [0.15, 0.2) is 18.3 Å². The molecule has 2 aliphatic rings. The molecule has 0 aliphatic carbocycles. The van der Waals surface area contributed by atoms with Gasteiger partial charge in [0.2, 0.25) is 5.91 Å². The minimum Gasteiger partial charge on any atom is -0.373 e. The standard InChI is InChI=1S/C21H24F3N5O/c1-12-13(2)27-20(25-3)17-11-29(10-16(12)17)19(30)6-14-8-28(9-14)15-4-5-26-18(7-15)21(22,23)24/h4-5,7,14H,6,8-11H2,1-3H3,(H,25,27). The lowest BCUT2D eigenvalue weighted by Gasteiger charge is -2.41. The molecule has 9 heteroatoms. The zero-order chi connectivity index (χ0) is 21.6. The van der Waals surface area contributed by atoms with Crippen molar-refractivity contribution in [3.8, 4) is 0 Å². The van der Waals surface area contributed by atoms with Crippen molar-refractivity contribution >= 4 is 17.4 Å². The first-order chi connectivity index (χ1) is 14.2. The quantitative estimate of drug-likeness (QED) is 0.822. The summed E-state index contributed by atoms with van der Waals surface area (Å²) < 4.78 is 38.6. The maximum absolute atomic E-state index is 12.9. The highest BCUT2D eigenvalue weighted by Crippen LogP contribution is 2.35. The number of nitrogens with one attached hydrogen (secondary N) is 1. The van der Waals surface area contributed by atoms with Crippen molar-refractivity contribution in [2.75, 3.05) is 30.4 Å². The molecule has 0 bridgehead atoms. The van der Waals surface area contributed by atoms with Crippen LogP contribution in [-0.2, 0) is 24.1 Å². The summed E-state index contributed by atoms with van der Waals surface area (Å²) in [5.74, 6) is 1.02. The van der Waals surface area contributed by atoms with Gasteiger partial charge in [-0.05, 0) is 37.1 Å². The summed E-state index contributed by atoms with van der Waals surface area (Å²) in [6.45, 7) is 6.24. The number of nitrogens with zero attached hydrogens (tertiary/aromatic N) is 4. The second-order valence-electron chi connectivity index (χ2n) is 8.00. The molecule has 1 saturated heterocycles. The molecule has 1 fully saturated rings. The fourth-order valence-electron chi connectivity index (χ4n) is 4.17. The number of aryl methyl sites for hydroxylation is 1. The van der Waals surface area contributed by atoms with E-state index >= 15 is 0 Å². The Morgan fingerprint density at radius 2 is 1.93 bits per heavy atom. The van der Waals surface area contributed by atoms with E-state index in [1.165, 1.54) is 6.20 Å². The van der Waals surface area contributed by atoms with Crippen molar-refractivity contribution in [3.05, 3.63) is 46.4 Å². The van der Waals surface area contributed by atoms with Gasteiger partial charge < -0.3 is 15.1 Å². The molecular formula is C21H24F3N5O. The van der Waals surface area contributed by atoms with Gasteiger partial charge in [0.15, 0.2) is 0 Å². The van der Waals surface area contributed by atoms with E-state index in [1.54, 1.807) is 6.07 Å². The molecule has 0 aromatic carbocycles. The van der Waals surface area contributed by atoms with Crippen molar-refractivity contribution in [2.24, 2.45) is 5.92 Å². The molecule has 6 nitrogen and oxygen atoms in total. The van der Waals surface area contributed by atoms with Crippen LogP contribution < -0.4 is 10.2 Å². The molecular weight excluding hydrogens is 395 g/mol. The number of aromatic nitrogens is 2. The molecule has 0 atom stereocenters. The predicted octanol–water partition coefficient (Wildman–Crippen LogP) is 3.52. The summed E-state index contributed by atoms with van der Waals surface area (Å²) in [6.07, 6.45) is -2.89. The Bertz CT molecular complexity index is 985. The molecule has 2 aliphatic heterocycles. The molecule has 2 aromatic rings. The Balaban J connectivity index is 1.36. The van der Waals surface area contributed by atoms with Crippen LogP contribution >= 0.6 is 0 Å². The summed E-state index contributed by atoms with van der Waals surface area (Å²) in [7, 11) is 1.83. The van der Waals surface area contributed by atoms with Gasteiger partial charge in [-0.3, -0.25) is 9.78 Å². The zero-order valence-electron chi connectivity index (χ0n) is 17.2. The van der Waals surface area contributed by atoms with E-state index in [9.17, 15) is 18.0 Å². The van der Waals surface area contributed by atoms with Gasteiger partial charge in [-0.15, -0.1) is 0 Å². The summed E-state index contributed by atoms with van der Waals surface area (Å²) in [6, 6.07) is 2.63. The van der Waals surface area contributed by atoms with Crippen LogP contribution in [0.25, 0.3) is 0 Å². The molecule has 1 amide bonds. The van der Waals surface area contributed by atoms with E-state index in [4.69, 9.17) is 0 Å². The number of carbonyl (C=O) groups is 1. The summed E-state index contributed by atoms with van der Waals surface area (Å²) in [4.78, 5) is 24.5. The molecule has 160 valence electrons. The molecule has 0 unspecified atom stereocenters. The molecule has 2 aromatic heterocycles. The van der Waals surface area contributed by atoms with Gasteiger partial charge in [-0.1, -0.05) is 0 Å². The number of hydrogen-bond donors (Lipinski definition) is 1. The van der Waals surface area contributed by atoms with Crippen LogP contribution in [0.5, 0.6) is 0 Å². The van der Waals surface area contributed by atoms with Crippen molar-refractivity contribution in [2.45, 2.75) is 39.5 Å². The molecule has 0 saturated carbocycles. The Labute approximate surface area is 173 Å². The highest BCUT2D eigenvalue weighted by atomic mass is 19.4. The number of fused-ring (bicyclic) bond motifs is 1. The Morgan fingerprint density at radius 3 is 2.60 bits per heavy atom.